The maximum atomic E-state index is 12.0. The van der Waals surface area contributed by atoms with Gasteiger partial charge < -0.3 is 19.4 Å². The number of ether oxygens (including phenoxy) is 2. The monoisotopic (exact) mass is 345 g/mol. The van der Waals surface area contributed by atoms with E-state index in [2.05, 4.69) is 9.97 Å². The second-order valence-electron chi connectivity index (χ2n) is 6.43. The molecule has 1 aromatic heterocycles. The van der Waals surface area contributed by atoms with Crippen molar-refractivity contribution >= 4 is 16.8 Å². The molecule has 1 saturated carbocycles. The minimum Gasteiger partial charge on any atom is -0.493 e. The minimum absolute atomic E-state index is 0.0405. The molecular formula is C18H23N3O4. The SMILES string of the molecule is COc1cc2nc[nH]c(=O)c2cc1O[C@H]1CC[C@H](N(C)C(C)=O)CC1. The zero-order chi connectivity index (χ0) is 18.0. The van der Waals surface area contributed by atoms with Gasteiger partial charge in [0, 0.05) is 26.1 Å². The van der Waals surface area contributed by atoms with Crippen LogP contribution in [0.5, 0.6) is 11.5 Å². The number of hydrogen-bond donors (Lipinski definition) is 1. The molecule has 0 unspecified atom stereocenters. The third kappa shape index (κ3) is 3.60. The summed E-state index contributed by atoms with van der Waals surface area (Å²) < 4.78 is 11.5. The molecule has 1 fully saturated rings. The molecule has 25 heavy (non-hydrogen) atoms. The van der Waals surface area contributed by atoms with Crippen LogP contribution in [0.1, 0.15) is 32.6 Å². The molecule has 0 spiro atoms. The largest absolute Gasteiger partial charge is 0.493 e. The summed E-state index contributed by atoms with van der Waals surface area (Å²) in [5, 5.41) is 0.475. The number of rotatable bonds is 4. The summed E-state index contributed by atoms with van der Waals surface area (Å²) in [4.78, 5) is 32.0. The molecule has 0 atom stereocenters. The molecule has 1 N–H and O–H groups in total. The van der Waals surface area contributed by atoms with Crippen LogP contribution in [-0.2, 0) is 4.79 Å². The Balaban J connectivity index is 1.76. The maximum absolute atomic E-state index is 12.0. The van der Waals surface area contributed by atoms with Crippen LogP contribution in [-0.4, -0.2) is 47.1 Å². The molecule has 134 valence electrons. The van der Waals surface area contributed by atoms with E-state index in [4.69, 9.17) is 9.47 Å². The van der Waals surface area contributed by atoms with E-state index in [-0.39, 0.29) is 23.6 Å². The standard InChI is InChI=1S/C18H23N3O4/c1-11(22)21(2)12-4-6-13(7-5-12)25-17-8-14-15(9-16(17)24-3)19-10-20-18(14)23/h8-10,12-13H,4-7H2,1-3H3,(H,19,20,23)/t12-,13-. The van der Waals surface area contributed by atoms with Gasteiger partial charge in [0.1, 0.15) is 0 Å². The fourth-order valence-corrected chi connectivity index (χ4v) is 3.31. The van der Waals surface area contributed by atoms with Crippen molar-refractivity contribution in [2.75, 3.05) is 14.2 Å². The molecule has 0 aliphatic heterocycles. The number of methoxy groups -OCH3 is 1. The zero-order valence-corrected chi connectivity index (χ0v) is 14.7. The highest BCUT2D eigenvalue weighted by Crippen LogP contribution is 2.34. The van der Waals surface area contributed by atoms with E-state index in [1.165, 1.54) is 6.33 Å². The molecule has 1 aromatic carbocycles. The molecule has 2 aromatic rings. The number of nitrogens with one attached hydrogen (secondary N) is 1. The van der Waals surface area contributed by atoms with Crippen molar-refractivity contribution in [3.05, 3.63) is 28.8 Å². The first-order chi connectivity index (χ1) is 12.0. The van der Waals surface area contributed by atoms with E-state index in [9.17, 15) is 9.59 Å². The lowest BCUT2D eigenvalue weighted by atomic mass is 9.92. The number of carbonyl (C=O) groups is 1. The topological polar surface area (TPSA) is 84.5 Å². The number of benzene rings is 1. The van der Waals surface area contributed by atoms with Crippen LogP contribution in [0.15, 0.2) is 23.3 Å². The lowest BCUT2D eigenvalue weighted by Crippen LogP contribution is -2.40. The first kappa shape index (κ1) is 17.3. The van der Waals surface area contributed by atoms with Gasteiger partial charge in [0.05, 0.1) is 30.4 Å². The molecule has 0 saturated heterocycles. The molecule has 0 radical (unpaired) electrons. The van der Waals surface area contributed by atoms with Gasteiger partial charge in [-0.25, -0.2) is 4.98 Å². The number of H-pyrrole nitrogens is 1. The molecule has 7 heteroatoms. The molecule has 1 aliphatic carbocycles. The lowest BCUT2D eigenvalue weighted by molar-refractivity contribution is -0.130. The number of nitrogens with zero attached hydrogens (tertiary/aromatic N) is 2. The Bertz CT molecular complexity index is 825. The maximum Gasteiger partial charge on any atom is 0.258 e. The van der Waals surface area contributed by atoms with Crippen LogP contribution in [0.4, 0.5) is 0 Å². The van der Waals surface area contributed by atoms with Crippen LogP contribution < -0.4 is 15.0 Å². The molecule has 0 bridgehead atoms. The smallest absolute Gasteiger partial charge is 0.258 e. The zero-order valence-electron chi connectivity index (χ0n) is 14.7. The Morgan fingerprint density at radius 2 is 1.96 bits per heavy atom. The molecular weight excluding hydrogens is 322 g/mol. The molecule has 1 aliphatic rings. The van der Waals surface area contributed by atoms with Crippen LogP contribution in [0.3, 0.4) is 0 Å². The average Bonchev–Trinajstić information content (AvgIpc) is 2.62. The third-order valence-corrected chi connectivity index (χ3v) is 4.91. The van der Waals surface area contributed by atoms with E-state index in [1.54, 1.807) is 31.1 Å². The number of carbonyl (C=O) groups excluding carboxylic acids is 1. The van der Waals surface area contributed by atoms with Crippen molar-refractivity contribution in [3.8, 4) is 11.5 Å². The summed E-state index contributed by atoms with van der Waals surface area (Å²) in [7, 11) is 3.42. The molecule has 3 rings (SSSR count). The van der Waals surface area contributed by atoms with Gasteiger partial charge in [-0.3, -0.25) is 9.59 Å². The quantitative estimate of drug-likeness (QED) is 0.917. The Morgan fingerprint density at radius 1 is 1.24 bits per heavy atom. The van der Waals surface area contributed by atoms with Crippen LogP contribution in [0.25, 0.3) is 10.9 Å². The van der Waals surface area contributed by atoms with Crippen molar-refractivity contribution < 1.29 is 14.3 Å². The summed E-state index contributed by atoms with van der Waals surface area (Å²) >= 11 is 0. The van der Waals surface area contributed by atoms with Gasteiger partial charge in [-0.05, 0) is 31.7 Å². The van der Waals surface area contributed by atoms with Crippen molar-refractivity contribution in [1.29, 1.82) is 0 Å². The number of aromatic nitrogens is 2. The van der Waals surface area contributed by atoms with Crippen molar-refractivity contribution in [3.63, 3.8) is 0 Å². The summed E-state index contributed by atoms with van der Waals surface area (Å²) in [6.45, 7) is 1.59. The lowest BCUT2D eigenvalue weighted by Gasteiger charge is -2.34. The second kappa shape index (κ2) is 7.13. The summed E-state index contributed by atoms with van der Waals surface area (Å²) in [5.41, 5.74) is 0.365. The van der Waals surface area contributed by atoms with Crippen LogP contribution >= 0.6 is 0 Å². The van der Waals surface area contributed by atoms with Gasteiger partial charge in [-0.15, -0.1) is 0 Å². The van der Waals surface area contributed by atoms with Gasteiger partial charge in [-0.1, -0.05) is 0 Å². The van der Waals surface area contributed by atoms with E-state index >= 15 is 0 Å². The van der Waals surface area contributed by atoms with Crippen LogP contribution in [0, 0.1) is 0 Å². The normalized spacial score (nSPS) is 20.3. The van der Waals surface area contributed by atoms with Gasteiger partial charge in [0.15, 0.2) is 11.5 Å². The fourth-order valence-electron chi connectivity index (χ4n) is 3.31. The highest BCUT2D eigenvalue weighted by molar-refractivity contribution is 5.81. The fraction of sp³-hybridized carbons (Fsp3) is 0.500. The first-order valence-corrected chi connectivity index (χ1v) is 8.45. The summed E-state index contributed by atoms with van der Waals surface area (Å²) in [5.74, 6) is 1.21. The first-order valence-electron chi connectivity index (χ1n) is 8.45. The Hall–Kier alpha value is -2.57. The molecule has 1 amide bonds. The molecule has 1 heterocycles. The van der Waals surface area contributed by atoms with E-state index < -0.39 is 0 Å². The minimum atomic E-state index is -0.204. The van der Waals surface area contributed by atoms with E-state index in [0.29, 0.717) is 22.4 Å². The average molecular weight is 345 g/mol. The van der Waals surface area contributed by atoms with E-state index in [0.717, 1.165) is 25.7 Å². The highest BCUT2D eigenvalue weighted by Gasteiger charge is 2.27. The molecule has 7 nitrogen and oxygen atoms in total. The Kier molecular flexibility index (Phi) is 4.92. The Morgan fingerprint density at radius 3 is 2.60 bits per heavy atom. The summed E-state index contributed by atoms with van der Waals surface area (Å²) in [6, 6.07) is 3.67. The second-order valence-corrected chi connectivity index (χ2v) is 6.43. The van der Waals surface area contributed by atoms with Gasteiger partial charge in [0.25, 0.3) is 5.56 Å². The van der Waals surface area contributed by atoms with Crippen molar-refractivity contribution in [2.24, 2.45) is 0 Å². The number of fused-ring (bicyclic) bond motifs is 1. The number of amides is 1. The predicted octanol–water partition coefficient (Wildman–Crippen LogP) is 2.10. The van der Waals surface area contributed by atoms with Crippen LogP contribution in [0.2, 0.25) is 0 Å². The van der Waals surface area contributed by atoms with Crippen molar-refractivity contribution in [2.45, 2.75) is 44.8 Å². The third-order valence-electron chi connectivity index (χ3n) is 4.91. The number of hydrogen-bond acceptors (Lipinski definition) is 5. The van der Waals surface area contributed by atoms with Crippen molar-refractivity contribution in [1.82, 2.24) is 14.9 Å². The van der Waals surface area contributed by atoms with Gasteiger partial charge in [-0.2, -0.15) is 0 Å². The number of aromatic amines is 1. The van der Waals surface area contributed by atoms with Gasteiger partial charge in [0.2, 0.25) is 5.91 Å². The van der Waals surface area contributed by atoms with E-state index in [1.807, 2.05) is 7.05 Å². The van der Waals surface area contributed by atoms with Gasteiger partial charge >= 0.3 is 0 Å². The predicted molar refractivity (Wildman–Crippen MR) is 94.0 cm³/mol. The Labute approximate surface area is 146 Å². The highest BCUT2D eigenvalue weighted by atomic mass is 16.5. The summed E-state index contributed by atoms with van der Waals surface area (Å²) in [6.07, 6.45) is 4.92.